The van der Waals surface area contributed by atoms with Gasteiger partial charge in [0.2, 0.25) is 4.96 Å². The van der Waals surface area contributed by atoms with Crippen LogP contribution in [-0.4, -0.2) is 19.8 Å². The molecular formula is C11H11N5S. The van der Waals surface area contributed by atoms with E-state index < -0.39 is 0 Å². The molecule has 0 unspecified atom stereocenters. The highest BCUT2D eigenvalue weighted by atomic mass is 32.1. The molecule has 0 aliphatic heterocycles. The monoisotopic (exact) mass is 245 g/mol. The maximum absolute atomic E-state index is 6.00. The van der Waals surface area contributed by atoms with E-state index in [9.17, 15) is 0 Å². The topological polar surface area (TPSA) is 69.1 Å². The van der Waals surface area contributed by atoms with Gasteiger partial charge in [-0.15, -0.1) is 10.2 Å². The quantitative estimate of drug-likeness (QED) is 0.666. The highest BCUT2D eigenvalue weighted by Crippen LogP contribution is 2.32. The molecule has 1 aromatic carbocycles. The average Bonchev–Trinajstić information content (AvgIpc) is 2.82. The second-order valence-electron chi connectivity index (χ2n) is 3.89. The summed E-state index contributed by atoms with van der Waals surface area (Å²) in [5.74, 6) is 0.787. The van der Waals surface area contributed by atoms with E-state index in [-0.39, 0.29) is 0 Å². The smallest absolute Gasteiger partial charge is 0.234 e. The summed E-state index contributed by atoms with van der Waals surface area (Å²) in [6.07, 6.45) is 0. The Morgan fingerprint density at radius 1 is 1.24 bits per heavy atom. The van der Waals surface area contributed by atoms with E-state index in [0.717, 1.165) is 32.6 Å². The number of aryl methyl sites for hydroxylation is 2. The fourth-order valence-electron chi connectivity index (χ4n) is 1.80. The van der Waals surface area contributed by atoms with Crippen LogP contribution < -0.4 is 5.73 Å². The lowest BCUT2D eigenvalue weighted by molar-refractivity contribution is 0.897. The van der Waals surface area contributed by atoms with Gasteiger partial charge in [0.05, 0.1) is 0 Å². The summed E-state index contributed by atoms with van der Waals surface area (Å²) in [4.78, 5) is 0.792. The number of fused-ring (bicyclic) bond motifs is 1. The molecule has 5 nitrogen and oxygen atoms in total. The van der Waals surface area contributed by atoms with Gasteiger partial charge in [0.15, 0.2) is 5.82 Å². The highest BCUT2D eigenvalue weighted by Gasteiger charge is 2.14. The van der Waals surface area contributed by atoms with Gasteiger partial charge in [-0.05, 0) is 25.5 Å². The molecule has 0 aliphatic rings. The van der Waals surface area contributed by atoms with Crippen molar-refractivity contribution in [3.05, 3.63) is 29.6 Å². The van der Waals surface area contributed by atoms with Crippen LogP contribution in [0.5, 0.6) is 0 Å². The third kappa shape index (κ3) is 1.49. The molecule has 6 heteroatoms. The predicted octanol–water partition coefficient (Wildman–Crippen LogP) is 2.05. The normalized spacial score (nSPS) is 11.2. The number of hydrogen-bond acceptors (Lipinski definition) is 5. The van der Waals surface area contributed by atoms with Crippen molar-refractivity contribution < 1.29 is 0 Å². The third-order valence-corrected chi connectivity index (χ3v) is 3.58. The lowest BCUT2D eigenvalue weighted by atomic mass is 10.1. The Hall–Kier alpha value is -1.95. The molecule has 3 aromatic rings. The SMILES string of the molecule is Cc1cccc(N)c1-c1nn2c(C)nnc2s1. The summed E-state index contributed by atoms with van der Waals surface area (Å²) >= 11 is 1.50. The standard InChI is InChI=1S/C11H11N5S/c1-6-4-3-5-8(12)9(6)10-15-16-7(2)13-14-11(16)17-10/h3-5H,12H2,1-2H3. The maximum Gasteiger partial charge on any atom is 0.234 e. The number of nitrogen functional groups attached to an aromatic ring is 1. The minimum atomic E-state index is 0.743. The molecule has 86 valence electrons. The number of nitrogens with zero attached hydrogens (tertiary/aromatic N) is 4. The summed E-state index contributed by atoms with van der Waals surface area (Å²) in [5.41, 5.74) is 8.85. The third-order valence-electron chi connectivity index (χ3n) is 2.67. The number of rotatable bonds is 1. The van der Waals surface area contributed by atoms with Crippen LogP contribution in [0.15, 0.2) is 18.2 Å². The first-order valence-corrected chi connectivity index (χ1v) is 6.03. The van der Waals surface area contributed by atoms with Crippen molar-refractivity contribution in [3.63, 3.8) is 0 Å². The first-order valence-electron chi connectivity index (χ1n) is 5.21. The minimum absolute atomic E-state index is 0.743. The number of aromatic nitrogens is 4. The Kier molecular flexibility index (Phi) is 2.12. The zero-order valence-electron chi connectivity index (χ0n) is 9.51. The summed E-state index contributed by atoms with van der Waals surface area (Å²) in [5, 5.41) is 13.4. The van der Waals surface area contributed by atoms with E-state index >= 15 is 0 Å². The van der Waals surface area contributed by atoms with Crippen LogP contribution in [0.2, 0.25) is 0 Å². The summed E-state index contributed by atoms with van der Waals surface area (Å²) < 4.78 is 1.74. The van der Waals surface area contributed by atoms with Gasteiger partial charge in [-0.3, -0.25) is 0 Å². The van der Waals surface area contributed by atoms with Crippen LogP contribution in [-0.2, 0) is 0 Å². The predicted molar refractivity (Wildman–Crippen MR) is 68.0 cm³/mol. The van der Waals surface area contributed by atoms with E-state index in [1.165, 1.54) is 11.3 Å². The fraction of sp³-hybridized carbons (Fsp3) is 0.182. The van der Waals surface area contributed by atoms with Crippen molar-refractivity contribution in [2.45, 2.75) is 13.8 Å². The van der Waals surface area contributed by atoms with Gasteiger partial charge in [0, 0.05) is 11.3 Å². The van der Waals surface area contributed by atoms with Gasteiger partial charge in [0.25, 0.3) is 0 Å². The largest absolute Gasteiger partial charge is 0.398 e. The molecule has 0 aliphatic carbocycles. The van der Waals surface area contributed by atoms with Crippen molar-refractivity contribution in [3.8, 4) is 10.6 Å². The second kappa shape index (κ2) is 3.53. The average molecular weight is 245 g/mol. The van der Waals surface area contributed by atoms with Crippen LogP contribution in [0, 0.1) is 13.8 Å². The van der Waals surface area contributed by atoms with Crippen LogP contribution in [0.25, 0.3) is 15.5 Å². The van der Waals surface area contributed by atoms with Gasteiger partial charge in [-0.25, -0.2) is 0 Å². The fourth-order valence-corrected chi connectivity index (χ4v) is 2.82. The Bertz CT molecular complexity index is 677. The van der Waals surface area contributed by atoms with Gasteiger partial charge in [-0.2, -0.15) is 9.61 Å². The first kappa shape index (κ1) is 10.2. The lowest BCUT2D eigenvalue weighted by Gasteiger charge is -2.04. The molecule has 2 N–H and O–H groups in total. The van der Waals surface area contributed by atoms with Crippen LogP contribution in [0.1, 0.15) is 11.4 Å². The molecule has 0 fully saturated rings. The van der Waals surface area contributed by atoms with Crippen molar-refractivity contribution in [1.29, 1.82) is 0 Å². The maximum atomic E-state index is 6.00. The number of hydrogen-bond donors (Lipinski definition) is 1. The number of anilines is 1. The summed E-state index contributed by atoms with van der Waals surface area (Å²) in [7, 11) is 0. The zero-order chi connectivity index (χ0) is 12.0. The molecule has 0 saturated heterocycles. The van der Waals surface area contributed by atoms with Gasteiger partial charge in [-0.1, -0.05) is 23.5 Å². The summed E-state index contributed by atoms with van der Waals surface area (Å²) in [6.45, 7) is 3.91. The molecule has 0 amide bonds. The molecule has 0 atom stereocenters. The molecule has 0 spiro atoms. The zero-order valence-corrected chi connectivity index (χ0v) is 10.3. The first-order chi connectivity index (χ1) is 8.16. The highest BCUT2D eigenvalue weighted by molar-refractivity contribution is 7.19. The Morgan fingerprint density at radius 3 is 2.76 bits per heavy atom. The van der Waals surface area contributed by atoms with Crippen molar-refractivity contribution in [2.75, 3.05) is 5.73 Å². The van der Waals surface area contributed by atoms with Gasteiger partial charge in [0.1, 0.15) is 5.01 Å². The minimum Gasteiger partial charge on any atom is -0.398 e. The van der Waals surface area contributed by atoms with Gasteiger partial charge < -0.3 is 5.73 Å². The molecule has 3 rings (SSSR count). The van der Waals surface area contributed by atoms with E-state index in [0.29, 0.717) is 0 Å². The molecule has 2 heterocycles. The van der Waals surface area contributed by atoms with Crippen LogP contribution >= 0.6 is 11.3 Å². The molecule has 0 bridgehead atoms. The van der Waals surface area contributed by atoms with E-state index in [4.69, 9.17) is 5.73 Å². The number of benzene rings is 1. The summed E-state index contributed by atoms with van der Waals surface area (Å²) in [6, 6.07) is 5.86. The van der Waals surface area contributed by atoms with Crippen LogP contribution in [0.3, 0.4) is 0 Å². The van der Waals surface area contributed by atoms with Crippen molar-refractivity contribution in [1.82, 2.24) is 19.8 Å². The number of nitrogens with two attached hydrogens (primary N) is 1. The van der Waals surface area contributed by atoms with E-state index in [1.54, 1.807) is 4.52 Å². The van der Waals surface area contributed by atoms with Gasteiger partial charge >= 0.3 is 0 Å². The molecule has 17 heavy (non-hydrogen) atoms. The molecule has 0 saturated carbocycles. The van der Waals surface area contributed by atoms with Crippen LogP contribution in [0.4, 0.5) is 5.69 Å². The van der Waals surface area contributed by atoms with E-state index in [1.807, 2.05) is 32.0 Å². The molecule has 0 radical (unpaired) electrons. The Balaban J connectivity index is 2.27. The Morgan fingerprint density at radius 2 is 2.06 bits per heavy atom. The molecular weight excluding hydrogens is 234 g/mol. The Labute approximate surface area is 102 Å². The van der Waals surface area contributed by atoms with E-state index in [2.05, 4.69) is 15.3 Å². The molecule has 2 aromatic heterocycles. The lowest BCUT2D eigenvalue weighted by Crippen LogP contribution is -1.94. The van der Waals surface area contributed by atoms with Crippen molar-refractivity contribution >= 4 is 22.0 Å². The van der Waals surface area contributed by atoms with Crippen molar-refractivity contribution in [2.24, 2.45) is 0 Å². The second-order valence-corrected chi connectivity index (χ2v) is 4.84.